The van der Waals surface area contributed by atoms with Gasteiger partial charge >= 0.3 is 0 Å². The minimum Gasteiger partial charge on any atom is -0.494 e. The number of nitrogens with one attached hydrogen (secondary N) is 1. The largest absolute Gasteiger partial charge is 0.494 e. The summed E-state index contributed by atoms with van der Waals surface area (Å²) < 4.78 is 28.0. The third-order valence-electron chi connectivity index (χ3n) is 6.11. The van der Waals surface area contributed by atoms with Crippen LogP contribution in [-0.4, -0.2) is 68.8 Å². The van der Waals surface area contributed by atoms with Crippen molar-refractivity contribution < 1.29 is 18.9 Å². The molecule has 0 spiro atoms. The Kier molecular flexibility index (Phi) is 9.10. The highest BCUT2D eigenvalue weighted by molar-refractivity contribution is 8.16. The molecule has 0 aliphatic carbocycles. The lowest BCUT2D eigenvalue weighted by atomic mass is 10.2. The molecule has 0 saturated heterocycles. The maximum absolute atomic E-state index is 5.88. The molecule has 0 amide bonds. The number of rotatable bonds is 11. The number of hydrogen-bond acceptors (Lipinski definition) is 10. The highest BCUT2D eigenvalue weighted by atomic mass is 32.2. The maximum atomic E-state index is 5.88. The molecule has 0 saturated carbocycles. The van der Waals surface area contributed by atoms with Gasteiger partial charge in [-0.3, -0.25) is 14.5 Å². The van der Waals surface area contributed by atoms with E-state index in [-0.39, 0.29) is 11.4 Å². The lowest BCUT2D eigenvalue weighted by Crippen LogP contribution is -2.21. The van der Waals surface area contributed by atoms with E-state index in [9.17, 15) is 0 Å². The summed E-state index contributed by atoms with van der Waals surface area (Å²) in [4.78, 5) is 13.2. The fraction of sp³-hybridized carbons (Fsp3) is 0.333. The van der Waals surface area contributed by atoms with E-state index >= 15 is 0 Å². The van der Waals surface area contributed by atoms with Crippen molar-refractivity contribution in [1.29, 1.82) is 0 Å². The minimum atomic E-state index is -0.533. The van der Waals surface area contributed by atoms with Gasteiger partial charge in [-0.1, -0.05) is 16.7 Å². The van der Waals surface area contributed by atoms with Crippen molar-refractivity contribution in [2.24, 2.45) is 0 Å². The summed E-state index contributed by atoms with van der Waals surface area (Å²) in [7, 11) is 5.93. The average Bonchev–Trinajstić information content (AvgIpc) is 3.39. The first-order valence-electron chi connectivity index (χ1n) is 12.2. The molecule has 0 radical (unpaired) electrons. The molecule has 206 valence electrons. The van der Waals surface area contributed by atoms with Gasteiger partial charge in [-0.2, -0.15) is 0 Å². The molecule has 1 aromatic carbocycles. The number of methoxy groups -OCH3 is 4. The number of nitrogens with zero attached hydrogens (tertiary/aromatic N) is 6. The number of para-hydroxylation sites is 1. The molecule has 0 aliphatic rings. The molecule has 12 heteroatoms. The second-order valence-electron chi connectivity index (χ2n) is 8.50. The molecule has 1 unspecified atom stereocenters. The fourth-order valence-electron chi connectivity index (χ4n) is 4.21. The smallest absolute Gasteiger partial charge is 0.239 e. The first kappa shape index (κ1) is 28.0. The SMILES string of the molecule is C/C=S(\Nc1nnc(-c2cncc(C)c2)n1-c1c(OC)cccc1OC)[C@H](C)[C@@H](OC)c1cnc(OC)cn1. The van der Waals surface area contributed by atoms with Gasteiger partial charge in [0.2, 0.25) is 11.8 Å². The lowest BCUT2D eigenvalue weighted by Gasteiger charge is -2.26. The Morgan fingerprint density at radius 1 is 0.949 bits per heavy atom. The number of anilines is 1. The predicted octanol–water partition coefficient (Wildman–Crippen LogP) is 4.65. The van der Waals surface area contributed by atoms with Gasteiger partial charge in [0.05, 0.1) is 39.4 Å². The summed E-state index contributed by atoms with van der Waals surface area (Å²) in [5.74, 6) is 2.76. The molecule has 3 atom stereocenters. The number of hydrogen-bond donors (Lipinski definition) is 1. The van der Waals surface area contributed by atoms with Gasteiger partial charge < -0.3 is 23.7 Å². The van der Waals surface area contributed by atoms with Crippen LogP contribution in [-0.2, 0) is 4.74 Å². The van der Waals surface area contributed by atoms with E-state index in [0.29, 0.717) is 40.5 Å². The molecular weight excluding hydrogens is 518 g/mol. The van der Waals surface area contributed by atoms with Crippen LogP contribution in [0.25, 0.3) is 17.1 Å². The zero-order valence-electron chi connectivity index (χ0n) is 23.1. The Bertz CT molecular complexity index is 1420. The summed E-state index contributed by atoms with van der Waals surface area (Å²) in [6.45, 7) is 6.07. The average molecular weight is 552 g/mol. The molecule has 4 aromatic rings. The van der Waals surface area contributed by atoms with Crippen LogP contribution < -0.4 is 18.9 Å². The summed E-state index contributed by atoms with van der Waals surface area (Å²) in [5.41, 5.74) is 3.18. The van der Waals surface area contributed by atoms with Crippen LogP contribution in [0.15, 0.2) is 49.1 Å². The minimum absolute atomic E-state index is 0.0449. The number of ether oxygens (including phenoxy) is 4. The molecule has 0 aliphatic heterocycles. The second kappa shape index (κ2) is 12.7. The molecule has 11 nitrogen and oxygen atoms in total. The van der Waals surface area contributed by atoms with Crippen LogP contribution in [0.5, 0.6) is 17.4 Å². The van der Waals surface area contributed by atoms with Gasteiger partial charge in [-0.15, -0.1) is 10.2 Å². The van der Waals surface area contributed by atoms with Crippen LogP contribution in [0.2, 0.25) is 0 Å². The summed E-state index contributed by atoms with van der Waals surface area (Å²) in [6, 6.07) is 7.63. The van der Waals surface area contributed by atoms with Crippen LogP contribution in [0.3, 0.4) is 0 Å². The van der Waals surface area contributed by atoms with E-state index < -0.39 is 10.7 Å². The van der Waals surface area contributed by atoms with Crippen molar-refractivity contribution >= 4 is 22.0 Å². The molecule has 1 N–H and O–H groups in total. The molecular formula is C27H33N7O4S. The van der Waals surface area contributed by atoms with Crippen molar-refractivity contribution in [3.63, 3.8) is 0 Å². The van der Waals surface area contributed by atoms with Crippen molar-refractivity contribution in [3.05, 3.63) is 60.3 Å². The van der Waals surface area contributed by atoms with Crippen molar-refractivity contribution in [2.75, 3.05) is 33.2 Å². The predicted molar refractivity (Wildman–Crippen MR) is 153 cm³/mol. The zero-order chi connectivity index (χ0) is 27.9. The number of aryl methyl sites for hydroxylation is 1. The van der Waals surface area contributed by atoms with E-state index in [1.807, 2.05) is 42.7 Å². The third-order valence-corrected chi connectivity index (χ3v) is 8.09. The van der Waals surface area contributed by atoms with E-state index in [1.165, 1.54) is 0 Å². The first-order valence-corrected chi connectivity index (χ1v) is 13.6. The van der Waals surface area contributed by atoms with Crippen LogP contribution in [0.1, 0.15) is 31.2 Å². The number of benzene rings is 1. The molecule has 3 heterocycles. The lowest BCUT2D eigenvalue weighted by molar-refractivity contribution is 0.101. The Hall–Kier alpha value is -4.03. The summed E-state index contributed by atoms with van der Waals surface area (Å²) in [5, 5.41) is 11.2. The second-order valence-corrected chi connectivity index (χ2v) is 10.7. The summed E-state index contributed by atoms with van der Waals surface area (Å²) in [6.07, 6.45) is 6.48. The topological polar surface area (TPSA) is 118 Å². The van der Waals surface area contributed by atoms with Gasteiger partial charge in [0.15, 0.2) is 5.82 Å². The van der Waals surface area contributed by atoms with Gasteiger partial charge in [-0.25, -0.2) is 4.98 Å². The van der Waals surface area contributed by atoms with Gasteiger partial charge in [0.25, 0.3) is 0 Å². The highest BCUT2D eigenvalue weighted by Crippen LogP contribution is 2.40. The highest BCUT2D eigenvalue weighted by Gasteiger charge is 2.27. The molecule has 3 aromatic heterocycles. The van der Waals surface area contributed by atoms with E-state index in [2.05, 4.69) is 42.2 Å². The quantitative estimate of drug-likeness (QED) is 0.264. The van der Waals surface area contributed by atoms with Gasteiger partial charge in [0.1, 0.15) is 23.3 Å². The molecule has 4 rings (SSSR count). The monoisotopic (exact) mass is 551 g/mol. The zero-order valence-corrected chi connectivity index (χ0v) is 23.9. The third kappa shape index (κ3) is 5.86. The standard InChI is InChI=1S/C27H33N7O4S/c1-8-39(18(3)25(38-7)20-15-30-23(37-6)16-29-20)33-27-32-31-26(19-12-17(2)13-28-14-19)34(27)24-21(35-4)10-9-11-22(24)36-5/h8-16,18,25H,1-7H3,(H,32,33)/t18-,25-,39?/m1/s1. The van der Waals surface area contributed by atoms with Crippen molar-refractivity contribution in [3.8, 4) is 34.5 Å². The fourth-order valence-corrected chi connectivity index (χ4v) is 5.81. The van der Waals surface area contributed by atoms with E-state index in [1.54, 1.807) is 53.2 Å². The van der Waals surface area contributed by atoms with Crippen molar-refractivity contribution in [2.45, 2.75) is 32.1 Å². The Morgan fingerprint density at radius 2 is 1.69 bits per heavy atom. The summed E-state index contributed by atoms with van der Waals surface area (Å²) >= 11 is 0. The van der Waals surface area contributed by atoms with Crippen molar-refractivity contribution in [1.82, 2.24) is 29.7 Å². The number of pyridine rings is 1. The first-order chi connectivity index (χ1) is 18.9. The Balaban J connectivity index is 1.81. The van der Waals surface area contributed by atoms with E-state index in [4.69, 9.17) is 18.9 Å². The van der Waals surface area contributed by atoms with Crippen LogP contribution in [0.4, 0.5) is 5.95 Å². The maximum Gasteiger partial charge on any atom is 0.239 e. The Morgan fingerprint density at radius 3 is 2.26 bits per heavy atom. The normalized spacial score (nSPS) is 13.5. The van der Waals surface area contributed by atoms with Crippen LogP contribution in [0, 0.1) is 6.92 Å². The van der Waals surface area contributed by atoms with Crippen LogP contribution >= 0.6 is 10.7 Å². The van der Waals surface area contributed by atoms with Gasteiger partial charge in [-0.05, 0) is 49.9 Å². The van der Waals surface area contributed by atoms with E-state index in [0.717, 1.165) is 11.1 Å². The molecule has 39 heavy (non-hydrogen) atoms. The molecule has 0 bridgehead atoms. The van der Waals surface area contributed by atoms with Gasteiger partial charge in [0, 0.05) is 30.3 Å². The Labute approximate surface area is 230 Å². The number of aromatic nitrogens is 6. The molecule has 0 fully saturated rings.